The maximum absolute atomic E-state index is 12.7. The molecule has 0 unspecified atom stereocenters. The molecule has 2 N–H and O–H groups in total. The van der Waals surface area contributed by atoms with Gasteiger partial charge in [0.25, 0.3) is 5.91 Å². The van der Waals surface area contributed by atoms with Crippen molar-refractivity contribution in [2.75, 3.05) is 6.54 Å². The Morgan fingerprint density at radius 2 is 1.67 bits per heavy atom. The van der Waals surface area contributed by atoms with E-state index >= 15 is 0 Å². The van der Waals surface area contributed by atoms with Crippen LogP contribution < -0.4 is 5.43 Å². The lowest BCUT2D eigenvalue weighted by atomic mass is 9.78. The number of amides is 1. The lowest BCUT2D eigenvalue weighted by Gasteiger charge is -2.28. The normalized spacial score (nSPS) is 17.3. The highest BCUT2D eigenvalue weighted by atomic mass is 32.2. The number of thiocarbonyl (C=S) groups is 1. The zero-order chi connectivity index (χ0) is 20.6. The minimum atomic E-state index is -0.213. The summed E-state index contributed by atoms with van der Waals surface area (Å²) in [7, 11) is 0. The fourth-order valence-corrected chi connectivity index (χ4v) is 4.08. The van der Waals surface area contributed by atoms with Gasteiger partial charge in [0.05, 0.1) is 4.91 Å². The van der Waals surface area contributed by atoms with Gasteiger partial charge in [0.15, 0.2) is 4.32 Å². The van der Waals surface area contributed by atoms with Crippen molar-refractivity contribution in [3.8, 4) is 5.75 Å². The van der Waals surface area contributed by atoms with Crippen LogP contribution in [0.2, 0.25) is 0 Å². The number of carbonyl (C=O) groups excluding carboxylic acids is 1. The predicted octanol–water partition coefficient (Wildman–Crippen LogP) is 5.10. The van der Waals surface area contributed by atoms with Gasteiger partial charge >= 0.3 is 0 Å². The van der Waals surface area contributed by atoms with E-state index in [1.165, 1.54) is 16.8 Å². The standard InChI is InChI=1S/C21H30N2O2S2/c1-8-9-22-23-18(25)16(27-19(23)26)12-13-10-14(20(2,3)4)17(24)15(11-13)21(5,6)7/h10-12,22,24H,8-9H2,1-7H3. The highest BCUT2D eigenvalue weighted by Gasteiger charge is 2.32. The molecular weight excluding hydrogens is 376 g/mol. The average molecular weight is 407 g/mol. The predicted molar refractivity (Wildman–Crippen MR) is 119 cm³/mol. The van der Waals surface area contributed by atoms with E-state index in [-0.39, 0.29) is 16.7 Å². The van der Waals surface area contributed by atoms with Gasteiger partial charge in [0.1, 0.15) is 5.75 Å². The van der Waals surface area contributed by atoms with Crippen LogP contribution >= 0.6 is 24.0 Å². The van der Waals surface area contributed by atoms with Crippen LogP contribution in [0.15, 0.2) is 17.0 Å². The number of thioether (sulfide) groups is 1. The molecule has 1 aliphatic rings. The van der Waals surface area contributed by atoms with E-state index in [0.717, 1.165) is 23.1 Å². The van der Waals surface area contributed by atoms with Crippen molar-refractivity contribution >= 4 is 40.3 Å². The number of nitrogens with zero attached hydrogens (tertiary/aromatic N) is 1. The van der Waals surface area contributed by atoms with Crippen LogP contribution in [0.4, 0.5) is 0 Å². The first-order valence-corrected chi connectivity index (χ1v) is 10.5. The van der Waals surface area contributed by atoms with Gasteiger partial charge in [-0.1, -0.05) is 72.4 Å². The summed E-state index contributed by atoms with van der Waals surface area (Å²) in [6.45, 7) is 15.2. The van der Waals surface area contributed by atoms with Gasteiger partial charge in [-0.2, -0.15) is 0 Å². The Hall–Kier alpha value is -1.37. The van der Waals surface area contributed by atoms with Crippen molar-refractivity contribution < 1.29 is 9.90 Å². The Morgan fingerprint density at radius 3 is 2.11 bits per heavy atom. The highest BCUT2D eigenvalue weighted by molar-refractivity contribution is 8.26. The van der Waals surface area contributed by atoms with Crippen molar-refractivity contribution in [3.05, 3.63) is 33.7 Å². The second-order valence-corrected chi connectivity index (χ2v) is 10.6. The minimum Gasteiger partial charge on any atom is -0.507 e. The van der Waals surface area contributed by atoms with Crippen LogP contribution in [0.3, 0.4) is 0 Å². The zero-order valence-corrected chi connectivity index (χ0v) is 18.9. The molecule has 0 aromatic heterocycles. The highest BCUT2D eigenvalue weighted by Crippen LogP contribution is 2.41. The second kappa shape index (κ2) is 7.94. The molecule has 0 saturated carbocycles. The molecule has 0 radical (unpaired) electrons. The quantitative estimate of drug-likeness (QED) is 0.538. The maximum Gasteiger partial charge on any atom is 0.280 e. The molecule has 1 saturated heterocycles. The Kier molecular flexibility index (Phi) is 6.44. The molecule has 1 fully saturated rings. The molecule has 0 bridgehead atoms. The van der Waals surface area contributed by atoms with E-state index in [2.05, 4.69) is 47.0 Å². The molecule has 0 atom stereocenters. The number of nitrogens with one attached hydrogen (secondary N) is 1. The number of hydrazine groups is 1. The second-order valence-electron chi connectivity index (χ2n) is 8.89. The first kappa shape index (κ1) is 21.9. The summed E-state index contributed by atoms with van der Waals surface area (Å²) in [6, 6.07) is 3.94. The van der Waals surface area contributed by atoms with Crippen molar-refractivity contribution in [2.24, 2.45) is 0 Å². The summed E-state index contributed by atoms with van der Waals surface area (Å²) in [6.07, 6.45) is 2.79. The van der Waals surface area contributed by atoms with Crippen LogP contribution in [-0.4, -0.2) is 26.9 Å². The molecule has 1 heterocycles. The Bertz CT molecular complexity index is 751. The monoisotopic (exact) mass is 406 g/mol. The first-order chi connectivity index (χ1) is 12.4. The van der Waals surface area contributed by atoms with Crippen LogP contribution in [0, 0.1) is 0 Å². The van der Waals surface area contributed by atoms with E-state index in [1.807, 2.05) is 25.1 Å². The summed E-state index contributed by atoms with van der Waals surface area (Å²) >= 11 is 6.64. The summed E-state index contributed by atoms with van der Waals surface area (Å²) < 4.78 is 0.519. The smallest absolute Gasteiger partial charge is 0.280 e. The maximum atomic E-state index is 12.7. The Labute approximate surface area is 172 Å². The largest absolute Gasteiger partial charge is 0.507 e. The Morgan fingerprint density at radius 1 is 1.15 bits per heavy atom. The number of phenolic OH excluding ortho intramolecular Hbond substituents is 1. The number of phenols is 1. The van der Waals surface area contributed by atoms with E-state index in [9.17, 15) is 9.90 Å². The number of hydrogen-bond donors (Lipinski definition) is 2. The SMILES string of the molecule is CCCNN1C(=O)C(=Cc2cc(C(C)(C)C)c(O)c(C(C)(C)C)c2)SC1=S. The number of carbonyl (C=O) groups is 1. The Balaban J connectivity index is 2.52. The van der Waals surface area contributed by atoms with Crippen molar-refractivity contribution in [2.45, 2.75) is 65.7 Å². The number of benzene rings is 1. The van der Waals surface area contributed by atoms with Gasteiger partial charge in [-0.05, 0) is 41.0 Å². The molecule has 27 heavy (non-hydrogen) atoms. The lowest BCUT2D eigenvalue weighted by molar-refractivity contribution is -0.124. The third kappa shape index (κ3) is 4.92. The zero-order valence-electron chi connectivity index (χ0n) is 17.3. The van der Waals surface area contributed by atoms with Gasteiger partial charge < -0.3 is 5.11 Å². The molecular formula is C21H30N2O2S2. The van der Waals surface area contributed by atoms with Crippen molar-refractivity contribution in [1.29, 1.82) is 0 Å². The third-order valence-corrected chi connectivity index (χ3v) is 5.66. The number of rotatable bonds is 4. The topological polar surface area (TPSA) is 52.6 Å². The molecule has 1 aromatic rings. The summed E-state index contributed by atoms with van der Waals surface area (Å²) in [4.78, 5) is 13.3. The van der Waals surface area contributed by atoms with Crippen molar-refractivity contribution in [1.82, 2.24) is 10.4 Å². The van der Waals surface area contributed by atoms with Gasteiger partial charge in [-0.3, -0.25) is 4.79 Å². The number of aromatic hydroxyl groups is 1. The summed E-state index contributed by atoms with van der Waals surface area (Å²) in [5.41, 5.74) is 5.30. The van der Waals surface area contributed by atoms with E-state index in [1.54, 1.807) is 0 Å². The van der Waals surface area contributed by atoms with E-state index < -0.39 is 0 Å². The summed E-state index contributed by atoms with van der Waals surface area (Å²) in [5.74, 6) is 0.213. The first-order valence-electron chi connectivity index (χ1n) is 9.25. The van der Waals surface area contributed by atoms with Crippen molar-refractivity contribution in [3.63, 3.8) is 0 Å². The molecule has 6 heteroatoms. The van der Waals surface area contributed by atoms with Crippen LogP contribution in [0.1, 0.15) is 71.6 Å². The molecule has 1 amide bonds. The fourth-order valence-electron chi connectivity index (χ4n) is 2.86. The summed E-state index contributed by atoms with van der Waals surface area (Å²) in [5, 5.41) is 12.3. The van der Waals surface area contributed by atoms with Gasteiger partial charge in [0, 0.05) is 17.7 Å². The van der Waals surface area contributed by atoms with Crippen LogP contribution in [-0.2, 0) is 15.6 Å². The minimum absolute atomic E-state index is 0.124. The average Bonchev–Trinajstić information content (AvgIpc) is 2.78. The third-order valence-electron chi connectivity index (χ3n) is 4.36. The molecule has 0 spiro atoms. The molecule has 2 rings (SSSR count). The lowest BCUT2D eigenvalue weighted by Crippen LogP contribution is -2.41. The van der Waals surface area contributed by atoms with Gasteiger partial charge in [-0.25, -0.2) is 10.4 Å². The van der Waals surface area contributed by atoms with Gasteiger partial charge in [-0.15, -0.1) is 0 Å². The molecule has 1 aromatic carbocycles. The van der Waals surface area contributed by atoms with Crippen LogP contribution in [0.25, 0.3) is 6.08 Å². The van der Waals surface area contributed by atoms with E-state index in [0.29, 0.717) is 21.5 Å². The fraction of sp³-hybridized carbons (Fsp3) is 0.524. The molecule has 4 nitrogen and oxygen atoms in total. The molecule has 1 aliphatic heterocycles. The van der Waals surface area contributed by atoms with Crippen LogP contribution in [0.5, 0.6) is 5.75 Å². The van der Waals surface area contributed by atoms with E-state index in [4.69, 9.17) is 12.2 Å². The van der Waals surface area contributed by atoms with Gasteiger partial charge in [0.2, 0.25) is 0 Å². The molecule has 0 aliphatic carbocycles. The number of hydrogen-bond acceptors (Lipinski definition) is 5. The molecule has 148 valence electrons.